The number of nitrogens with two attached hydrogens (primary N) is 1. The van der Waals surface area contributed by atoms with Crippen LogP contribution in [-0.4, -0.2) is 6.04 Å². The Kier molecular flexibility index (Phi) is 5.62. The van der Waals surface area contributed by atoms with Crippen molar-refractivity contribution in [2.45, 2.75) is 65.3 Å². The third kappa shape index (κ3) is 3.76. The number of hydrogen-bond donors (Lipinski definition) is 2. The Morgan fingerprint density at radius 3 is 2.33 bits per heavy atom. The molecule has 0 saturated heterocycles. The molecule has 0 bridgehead atoms. The summed E-state index contributed by atoms with van der Waals surface area (Å²) in [6.45, 7) is 6.97. The summed E-state index contributed by atoms with van der Waals surface area (Å²) in [6, 6.07) is 0.539. The highest BCUT2D eigenvalue weighted by molar-refractivity contribution is 4.83. The van der Waals surface area contributed by atoms with Crippen LogP contribution in [0.3, 0.4) is 0 Å². The molecule has 1 aliphatic rings. The molecule has 90 valence electrons. The monoisotopic (exact) mass is 212 g/mol. The van der Waals surface area contributed by atoms with Gasteiger partial charge >= 0.3 is 0 Å². The Balaban J connectivity index is 2.43. The van der Waals surface area contributed by atoms with Gasteiger partial charge in [-0.15, -0.1) is 0 Å². The van der Waals surface area contributed by atoms with E-state index in [0.717, 1.165) is 17.8 Å². The molecule has 0 spiro atoms. The smallest absolute Gasteiger partial charge is 0.0264 e. The Morgan fingerprint density at radius 1 is 1.27 bits per heavy atom. The molecule has 2 heteroatoms. The fourth-order valence-electron chi connectivity index (χ4n) is 3.04. The van der Waals surface area contributed by atoms with E-state index in [9.17, 15) is 0 Å². The molecular weight excluding hydrogens is 184 g/mol. The van der Waals surface area contributed by atoms with Crippen molar-refractivity contribution in [1.29, 1.82) is 0 Å². The van der Waals surface area contributed by atoms with Crippen molar-refractivity contribution < 1.29 is 0 Å². The van der Waals surface area contributed by atoms with Gasteiger partial charge in [-0.2, -0.15) is 0 Å². The Hall–Kier alpha value is -0.0800. The second-order valence-corrected chi connectivity index (χ2v) is 5.48. The molecule has 2 unspecified atom stereocenters. The van der Waals surface area contributed by atoms with E-state index < -0.39 is 0 Å². The van der Waals surface area contributed by atoms with Crippen LogP contribution in [0.4, 0.5) is 0 Å². The molecule has 1 rings (SSSR count). The highest BCUT2D eigenvalue weighted by atomic mass is 15.2. The van der Waals surface area contributed by atoms with Crippen LogP contribution in [0.2, 0.25) is 0 Å². The lowest BCUT2D eigenvalue weighted by atomic mass is 9.75. The number of hydrogen-bond acceptors (Lipinski definition) is 2. The van der Waals surface area contributed by atoms with Gasteiger partial charge in [-0.3, -0.25) is 11.3 Å². The van der Waals surface area contributed by atoms with Crippen LogP contribution < -0.4 is 11.3 Å². The van der Waals surface area contributed by atoms with E-state index in [1.165, 1.54) is 38.5 Å². The van der Waals surface area contributed by atoms with Crippen LogP contribution >= 0.6 is 0 Å². The van der Waals surface area contributed by atoms with Crippen LogP contribution in [0.5, 0.6) is 0 Å². The molecule has 0 amide bonds. The molecule has 15 heavy (non-hydrogen) atoms. The Labute approximate surface area is 95.0 Å². The second-order valence-electron chi connectivity index (χ2n) is 5.48. The topological polar surface area (TPSA) is 38.0 Å². The first-order valence-corrected chi connectivity index (χ1v) is 6.65. The molecule has 1 aliphatic carbocycles. The lowest BCUT2D eigenvalue weighted by molar-refractivity contribution is 0.185. The predicted octanol–water partition coefficient (Wildman–Crippen LogP) is 3.08. The summed E-state index contributed by atoms with van der Waals surface area (Å²) in [5, 5.41) is 0. The van der Waals surface area contributed by atoms with Crippen molar-refractivity contribution in [3.05, 3.63) is 0 Å². The third-order valence-electron chi connectivity index (χ3n) is 4.12. The number of hydrazine groups is 1. The van der Waals surface area contributed by atoms with E-state index >= 15 is 0 Å². The molecule has 1 fully saturated rings. The van der Waals surface area contributed by atoms with Crippen LogP contribution in [-0.2, 0) is 0 Å². The van der Waals surface area contributed by atoms with Crippen molar-refractivity contribution in [3.8, 4) is 0 Å². The van der Waals surface area contributed by atoms with Gasteiger partial charge in [-0.25, -0.2) is 0 Å². The van der Waals surface area contributed by atoms with Crippen molar-refractivity contribution >= 4 is 0 Å². The molecule has 0 aromatic heterocycles. The first kappa shape index (κ1) is 13.0. The van der Waals surface area contributed by atoms with Gasteiger partial charge < -0.3 is 0 Å². The summed E-state index contributed by atoms with van der Waals surface area (Å²) in [7, 11) is 0. The van der Waals surface area contributed by atoms with Crippen molar-refractivity contribution in [2.24, 2.45) is 23.6 Å². The molecule has 1 saturated carbocycles. The maximum Gasteiger partial charge on any atom is 0.0264 e. The zero-order valence-corrected chi connectivity index (χ0v) is 10.6. The maximum absolute atomic E-state index is 5.72. The minimum Gasteiger partial charge on any atom is -0.271 e. The van der Waals surface area contributed by atoms with E-state index in [4.69, 9.17) is 5.84 Å². The van der Waals surface area contributed by atoms with E-state index in [1.54, 1.807) is 0 Å². The van der Waals surface area contributed by atoms with Crippen LogP contribution in [0.15, 0.2) is 0 Å². The zero-order chi connectivity index (χ0) is 11.3. The second kappa shape index (κ2) is 6.49. The fraction of sp³-hybridized carbons (Fsp3) is 1.00. The van der Waals surface area contributed by atoms with Gasteiger partial charge in [-0.1, -0.05) is 40.0 Å². The Morgan fingerprint density at radius 2 is 1.87 bits per heavy atom. The molecule has 0 aliphatic heterocycles. The minimum absolute atomic E-state index is 0.539. The van der Waals surface area contributed by atoms with E-state index in [0.29, 0.717) is 6.04 Å². The van der Waals surface area contributed by atoms with Crippen LogP contribution in [0, 0.1) is 17.8 Å². The standard InChI is InChI=1S/C13H28N2/c1-4-5-11(3)13(15-14)12-8-6-10(2)7-9-12/h10-13,15H,4-9,14H2,1-3H3. The summed E-state index contributed by atoms with van der Waals surface area (Å²) in [5.41, 5.74) is 3.07. The molecule has 0 heterocycles. The summed E-state index contributed by atoms with van der Waals surface area (Å²) in [6.07, 6.45) is 8.07. The summed E-state index contributed by atoms with van der Waals surface area (Å²) >= 11 is 0. The molecular formula is C13H28N2. The van der Waals surface area contributed by atoms with Gasteiger partial charge in [0.1, 0.15) is 0 Å². The van der Waals surface area contributed by atoms with Gasteiger partial charge in [0.15, 0.2) is 0 Å². The van der Waals surface area contributed by atoms with Crippen molar-refractivity contribution in [2.75, 3.05) is 0 Å². The average Bonchev–Trinajstić information content (AvgIpc) is 2.22. The summed E-state index contributed by atoms with van der Waals surface area (Å²) in [5.74, 6) is 8.18. The van der Waals surface area contributed by atoms with Gasteiger partial charge in [0, 0.05) is 6.04 Å². The summed E-state index contributed by atoms with van der Waals surface area (Å²) in [4.78, 5) is 0. The predicted molar refractivity (Wildman–Crippen MR) is 66.3 cm³/mol. The van der Waals surface area contributed by atoms with Gasteiger partial charge in [0.2, 0.25) is 0 Å². The van der Waals surface area contributed by atoms with E-state index in [1.807, 2.05) is 0 Å². The lowest BCUT2D eigenvalue weighted by Crippen LogP contribution is -2.46. The molecule has 0 radical (unpaired) electrons. The largest absolute Gasteiger partial charge is 0.271 e. The molecule has 0 aromatic rings. The molecule has 2 atom stereocenters. The normalized spacial score (nSPS) is 31.2. The first-order valence-electron chi connectivity index (χ1n) is 6.65. The molecule has 2 nitrogen and oxygen atoms in total. The quantitative estimate of drug-likeness (QED) is 0.543. The average molecular weight is 212 g/mol. The molecule has 0 aromatic carbocycles. The van der Waals surface area contributed by atoms with Crippen LogP contribution in [0.25, 0.3) is 0 Å². The summed E-state index contributed by atoms with van der Waals surface area (Å²) < 4.78 is 0. The first-order chi connectivity index (χ1) is 7.19. The van der Waals surface area contributed by atoms with Gasteiger partial charge in [0.25, 0.3) is 0 Å². The number of rotatable bonds is 5. The van der Waals surface area contributed by atoms with Crippen LogP contribution in [0.1, 0.15) is 59.3 Å². The van der Waals surface area contributed by atoms with Crippen molar-refractivity contribution in [1.82, 2.24) is 5.43 Å². The van der Waals surface area contributed by atoms with Gasteiger partial charge in [-0.05, 0) is 37.0 Å². The van der Waals surface area contributed by atoms with Gasteiger partial charge in [0.05, 0.1) is 0 Å². The number of nitrogens with one attached hydrogen (secondary N) is 1. The maximum atomic E-state index is 5.72. The Bertz CT molecular complexity index is 162. The van der Waals surface area contributed by atoms with E-state index in [-0.39, 0.29) is 0 Å². The zero-order valence-electron chi connectivity index (χ0n) is 10.6. The SMILES string of the molecule is CCCC(C)C(NN)C1CCC(C)CC1. The van der Waals surface area contributed by atoms with E-state index in [2.05, 4.69) is 26.2 Å². The molecule has 3 N–H and O–H groups in total. The van der Waals surface area contributed by atoms with Crippen molar-refractivity contribution in [3.63, 3.8) is 0 Å². The third-order valence-corrected chi connectivity index (χ3v) is 4.12. The minimum atomic E-state index is 0.539. The fourth-order valence-corrected chi connectivity index (χ4v) is 3.04. The highest BCUT2D eigenvalue weighted by Gasteiger charge is 2.28. The lowest BCUT2D eigenvalue weighted by Gasteiger charge is -2.35. The highest BCUT2D eigenvalue weighted by Crippen LogP contribution is 2.33.